The van der Waals surface area contributed by atoms with E-state index in [2.05, 4.69) is 19.9 Å². The van der Waals surface area contributed by atoms with Crippen molar-refractivity contribution >= 4 is 33.3 Å². The summed E-state index contributed by atoms with van der Waals surface area (Å²) in [4.78, 5) is 14.3. The number of hydrogen-bond donors (Lipinski definition) is 2. The number of aryl methyl sites for hydroxylation is 2. The second-order valence-corrected chi connectivity index (χ2v) is 6.40. The highest BCUT2D eigenvalue weighted by Gasteiger charge is 2.24. The van der Waals surface area contributed by atoms with Gasteiger partial charge in [-0.3, -0.25) is 0 Å². The van der Waals surface area contributed by atoms with Crippen LogP contribution in [0.3, 0.4) is 0 Å². The van der Waals surface area contributed by atoms with Crippen molar-refractivity contribution in [3.05, 3.63) is 27.7 Å². The van der Waals surface area contributed by atoms with Gasteiger partial charge in [-0.25, -0.2) is 22.9 Å². The van der Waals surface area contributed by atoms with Crippen molar-refractivity contribution in [2.24, 2.45) is 0 Å². The molecule has 2 N–H and O–H groups in total. The number of thiophene rings is 1. The van der Waals surface area contributed by atoms with Crippen LogP contribution in [-0.2, 0) is 10.0 Å². The van der Waals surface area contributed by atoms with E-state index in [1.54, 1.807) is 13.8 Å². The number of nitrogens with zero attached hydrogens (tertiary/aromatic N) is 3. The third-order valence-electron chi connectivity index (χ3n) is 2.43. The summed E-state index contributed by atoms with van der Waals surface area (Å²) in [5.41, 5.74) is 1.11. The van der Waals surface area contributed by atoms with Gasteiger partial charge in [0.1, 0.15) is 9.77 Å². The summed E-state index contributed by atoms with van der Waals surface area (Å²) in [5.74, 6) is -1.50. The summed E-state index contributed by atoms with van der Waals surface area (Å²) in [6.45, 7) is 3.35. The zero-order valence-corrected chi connectivity index (χ0v) is 12.1. The lowest BCUT2D eigenvalue weighted by molar-refractivity contribution is 0.0698. The Kier molecular flexibility index (Phi) is 3.68. The zero-order valence-electron chi connectivity index (χ0n) is 10.5. The molecule has 0 atom stereocenters. The number of anilines is 1. The van der Waals surface area contributed by atoms with Gasteiger partial charge in [0.2, 0.25) is 0 Å². The van der Waals surface area contributed by atoms with Crippen molar-refractivity contribution in [1.29, 1.82) is 0 Å². The molecule has 0 aliphatic heterocycles. The number of nitrogens with one attached hydrogen (secondary N) is 1. The van der Waals surface area contributed by atoms with E-state index in [0.717, 1.165) is 11.3 Å². The van der Waals surface area contributed by atoms with Crippen LogP contribution in [0.15, 0.2) is 16.3 Å². The molecule has 0 aromatic carbocycles. The third-order valence-corrected chi connectivity index (χ3v) is 4.83. The molecule has 2 heterocycles. The van der Waals surface area contributed by atoms with Gasteiger partial charge in [-0.15, -0.1) is 16.4 Å². The van der Waals surface area contributed by atoms with Gasteiger partial charge in [0.15, 0.2) is 0 Å². The molecule has 0 bridgehead atoms. The van der Waals surface area contributed by atoms with Crippen molar-refractivity contribution in [1.82, 2.24) is 15.2 Å². The molecule has 0 saturated heterocycles. The monoisotopic (exact) mass is 314 g/mol. The van der Waals surface area contributed by atoms with Gasteiger partial charge in [-0.05, 0) is 25.3 Å². The molecule has 0 spiro atoms. The molecule has 8 nitrogen and oxygen atoms in total. The van der Waals surface area contributed by atoms with E-state index in [4.69, 9.17) is 5.11 Å². The number of carbonyl (C=O) groups is 1. The van der Waals surface area contributed by atoms with Crippen LogP contribution in [0.2, 0.25) is 0 Å². The second kappa shape index (κ2) is 5.13. The smallest absolute Gasteiger partial charge is 0.347 e. The lowest BCUT2D eigenvalue weighted by Gasteiger charge is -2.06. The third kappa shape index (κ3) is 2.75. The first-order chi connectivity index (χ1) is 9.31. The average Bonchev–Trinajstić information content (AvgIpc) is 2.83. The number of hydrogen-bond acceptors (Lipinski definition) is 7. The van der Waals surface area contributed by atoms with Crippen LogP contribution in [0, 0.1) is 13.8 Å². The molecule has 2 aromatic rings. The van der Waals surface area contributed by atoms with Crippen molar-refractivity contribution in [2.45, 2.75) is 18.7 Å². The zero-order chi connectivity index (χ0) is 14.9. The number of aromatic nitrogens is 3. The normalized spacial score (nSPS) is 11.3. The maximum Gasteiger partial charge on any atom is 0.347 e. The standard InChI is InChI=1S/C10H10N4O4S2/c1-5-6(2)12-13-10(11-5)14-20(17,18)7-3-4-19-8(7)9(15)16/h3-4H,1-2H3,(H,15,16)(H,11,13,14). The molecule has 10 heteroatoms. The van der Waals surface area contributed by atoms with Gasteiger partial charge in [0.05, 0.1) is 11.4 Å². The van der Waals surface area contributed by atoms with Gasteiger partial charge >= 0.3 is 5.97 Å². The van der Waals surface area contributed by atoms with Crippen molar-refractivity contribution in [3.8, 4) is 0 Å². The number of rotatable bonds is 4. The van der Waals surface area contributed by atoms with E-state index in [1.165, 1.54) is 11.4 Å². The fraction of sp³-hybridized carbons (Fsp3) is 0.200. The van der Waals surface area contributed by atoms with E-state index in [-0.39, 0.29) is 15.7 Å². The minimum absolute atomic E-state index is 0.198. The predicted octanol–water partition coefficient (Wildman–Crippen LogP) is 1.05. The summed E-state index contributed by atoms with van der Waals surface area (Å²) in [7, 11) is -4.06. The summed E-state index contributed by atoms with van der Waals surface area (Å²) in [5, 5.41) is 17.7. The first-order valence-electron chi connectivity index (χ1n) is 5.33. The van der Waals surface area contributed by atoms with Crippen LogP contribution >= 0.6 is 11.3 Å². The summed E-state index contributed by atoms with van der Waals surface area (Å²) in [6.07, 6.45) is 0. The quantitative estimate of drug-likeness (QED) is 0.864. The molecular weight excluding hydrogens is 304 g/mol. The summed E-state index contributed by atoms with van der Waals surface area (Å²) >= 11 is 0.826. The molecule has 2 aromatic heterocycles. The molecule has 0 unspecified atom stereocenters. The first kappa shape index (κ1) is 14.3. The van der Waals surface area contributed by atoms with Crippen LogP contribution in [-0.4, -0.2) is 34.7 Å². The maximum atomic E-state index is 12.1. The number of carboxylic acids is 1. The van der Waals surface area contributed by atoms with Crippen LogP contribution < -0.4 is 4.72 Å². The second-order valence-electron chi connectivity index (χ2n) is 3.83. The SMILES string of the molecule is Cc1nnc(NS(=O)(=O)c2ccsc2C(=O)O)nc1C. The van der Waals surface area contributed by atoms with Crippen LogP contribution in [0.1, 0.15) is 21.1 Å². The Bertz CT molecular complexity index is 769. The van der Waals surface area contributed by atoms with Crippen LogP contribution in [0.25, 0.3) is 0 Å². The minimum Gasteiger partial charge on any atom is -0.477 e. The summed E-state index contributed by atoms with van der Waals surface area (Å²) in [6, 6.07) is 1.21. The summed E-state index contributed by atoms with van der Waals surface area (Å²) < 4.78 is 26.3. The highest BCUT2D eigenvalue weighted by Crippen LogP contribution is 2.23. The Labute approximate surface area is 118 Å². The predicted molar refractivity (Wildman–Crippen MR) is 71.4 cm³/mol. The molecule has 0 aliphatic carbocycles. The molecule has 0 saturated carbocycles. The lowest BCUT2D eigenvalue weighted by Crippen LogP contribution is -2.17. The van der Waals surface area contributed by atoms with E-state index in [9.17, 15) is 13.2 Å². The number of aromatic carboxylic acids is 1. The number of carboxylic acid groups (broad SMARTS) is 1. The van der Waals surface area contributed by atoms with E-state index in [0.29, 0.717) is 11.4 Å². The largest absolute Gasteiger partial charge is 0.477 e. The molecule has 0 amide bonds. The molecular formula is C10H10N4O4S2. The molecule has 2 rings (SSSR count). The molecule has 20 heavy (non-hydrogen) atoms. The fourth-order valence-electron chi connectivity index (χ4n) is 1.34. The fourth-order valence-corrected chi connectivity index (χ4v) is 3.54. The van der Waals surface area contributed by atoms with Gasteiger partial charge in [-0.1, -0.05) is 0 Å². The maximum absolute atomic E-state index is 12.1. The Balaban J connectivity index is 2.38. The van der Waals surface area contributed by atoms with Crippen molar-refractivity contribution in [3.63, 3.8) is 0 Å². The Morgan fingerprint density at radius 2 is 2.00 bits per heavy atom. The number of sulfonamides is 1. The molecule has 106 valence electrons. The van der Waals surface area contributed by atoms with Gasteiger partial charge < -0.3 is 5.11 Å². The van der Waals surface area contributed by atoms with Crippen LogP contribution in [0.4, 0.5) is 5.95 Å². The highest BCUT2D eigenvalue weighted by molar-refractivity contribution is 7.93. The highest BCUT2D eigenvalue weighted by atomic mass is 32.2. The molecule has 0 aliphatic rings. The van der Waals surface area contributed by atoms with E-state index >= 15 is 0 Å². The first-order valence-corrected chi connectivity index (χ1v) is 7.69. The van der Waals surface area contributed by atoms with Crippen molar-refractivity contribution < 1.29 is 18.3 Å². The molecule has 0 radical (unpaired) electrons. The molecule has 0 fully saturated rings. The Morgan fingerprint density at radius 3 is 2.60 bits per heavy atom. The van der Waals surface area contributed by atoms with Crippen molar-refractivity contribution in [2.75, 3.05) is 4.72 Å². The van der Waals surface area contributed by atoms with Gasteiger partial charge in [-0.2, -0.15) is 5.10 Å². The van der Waals surface area contributed by atoms with Gasteiger partial charge in [0.25, 0.3) is 16.0 Å². The minimum atomic E-state index is -4.06. The van der Waals surface area contributed by atoms with Gasteiger partial charge in [0, 0.05) is 0 Å². The Morgan fingerprint density at radius 1 is 1.30 bits per heavy atom. The Hall–Kier alpha value is -2.07. The topological polar surface area (TPSA) is 122 Å². The van der Waals surface area contributed by atoms with E-state index < -0.39 is 16.0 Å². The lowest BCUT2D eigenvalue weighted by atomic mass is 10.4. The van der Waals surface area contributed by atoms with Crippen LogP contribution in [0.5, 0.6) is 0 Å². The average molecular weight is 314 g/mol. The van der Waals surface area contributed by atoms with E-state index in [1.807, 2.05) is 0 Å².